The topological polar surface area (TPSA) is 79.5 Å². The number of nitrogens with one attached hydrogen (secondary N) is 1. The third kappa shape index (κ3) is 5.10. The van der Waals surface area contributed by atoms with Gasteiger partial charge in [-0.15, -0.1) is 11.3 Å². The Kier molecular flexibility index (Phi) is 6.62. The number of amides is 1. The zero-order chi connectivity index (χ0) is 22.0. The van der Waals surface area contributed by atoms with Gasteiger partial charge in [-0.3, -0.25) is 4.79 Å². The summed E-state index contributed by atoms with van der Waals surface area (Å²) < 4.78 is 2.59. The normalized spacial score (nSPS) is 11.5. The molecule has 10 heteroatoms. The molecule has 31 heavy (non-hydrogen) atoms. The number of hydrazone groups is 1. The first-order valence-corrected chi connectivity index (χ1v) is 11.5. The highest BCUT2D eigenvalue weighted by Crippen LogP contribution is 2.29. The SMILES string of the molecule is O=C(Cn1c(Cc2cccs2)nc2cc(Cl)c(Cl)cc21)NN=Cc1cc(Br)ccc1O. The molecule has 4 rings (SSSR count). The van der Waals surface area contributed by atoms with Crippen molar-refractivity contribution in [2.24, 2.45) is 5.10 Å². The van der Waals surface area contributed by atoms with Crippen molar-refractivity contribution < 1.29 is 9.90 Å². The number of nitrogens with zero attached hydrogens (tertiary/aromatic N) is 3. The number of carbonyl (C=O) groups excluding carboxylic acids is 1. The summed E-state index contributed by atoms with van der Waals surface area (Å²) in [6.07, 6.45) is 1.96. The number of hydrogen-bond donors (Lipinski definition) is 2. The van der Waals surface area contributed by atoms with Crippen molar-refractivity contribution in [2.45, 2.75) is 13.0 Å². The second-order valence-electron chi connectivity index (χ2n) is 6.62. The van der Waals surface area contributed by atoms with Gasteiger partial charge in [0.2, 0.25) is 0 Å². The number of carbonyl (C=O) groups is 1. The Bertz CT molecular complexity index is 1290. The van der Waals surface area contributed by atoms with Crippen LogP contribution in [0.3, 0.4) is 0 Å². The van der Waals surface area contributed by atoms with Gasteiger partial charge in [-0.2, -0.15) is 5.10 Å². The van der Waals surface area contributed by atoms with Crippen LogP contribution in [-0.4, -0.2) is 26.8 Å². The predicted molar refractivity (Wildman–Crippen MR) is 128 cm³/mol. The first-order chi connectivity index (χ1) is 14.9. The van der Waals surface area contributed by atoms with Crippen molar-refractivity contribution in [1.82, 2.24) is 15.0 Å². The van der Waals surface area contributed by atoms with Crippen molar-refractivity contribution in [2.75, 3.05) is 0 Å². The fourth-order valence-electron chi connectivity index (χ4n) is 3.03. The zero-order valence-electron chi connectivity index (χ0n) is 15.8. The van der Waals surface area contributed by atoms with Crippen molar-refractivity contribution >= 4 is 73.6 Å². The lowest BCUT2D eigenvalue weighted by molar-refractivity contribution is -0.121. The molecule has 0 atom stereocenters. The highest BCUT2D eigenvalue weighted by atomic mass is 79.9. The van der Waals surface area contributed by atoms with E-state index in [1.165, 1.54) is 12.3 Å². The average Bonchev–Trinajstić information content (AvgIpc) is 3.34. The maximum atomic E-state index is 12.6. The minimum Gasteiger partial charge on any atom is -0.507 e. The molecule has 2 heterocycles. The van der Waals surface area contributed by atoms with Crippen LogP contribution < -0.4 is 5.43 Å². The smallest absolute Gasteiger partial charge is 0.260 e. The Morgan fingerprint density at radius 3 is 2.84 bits per heavy atom. The van der Waals surface area contributed by atoms with Gasteiger partial charge in [-0.1, -0.05) is 45.2 Å². The highest BCUT2D eigenvalue weighted by molar-refractivity contribution is 9.10. The molecule has 4 aromatic rings. The van der Waals surface area contributed by atoms with Gasteiger partial charge >= 0.3 is 0 Å². The van der Waals surface area contributed by atoms with Crippen LogP contribution in [0.15, 0.2) is 57.4 Å². The monoisotopic (exact) mass is 536 g/mol. The Labute approximate surface area is 200 Å². The van der Waals surface area contributed by atoms with Gasteiger partial charge in [-0.05, 0) is 41.8 Å². The van der Waals surface area contributed by atoms with Crippen LogP contribution in [-0.2, 0) is 17.8 Å². The lowest BCUT2D eigenvalue weighted by Crippen LogP contribution is -2.24. The molecular formula is C21H15BrCl2N4O2S. The van der Waals surface area contributed by atoms with Crippen LogP contribution in [0.2, 0.25) is 10.0 Å². The molecule has 0 unspecified atom stereocenters. The number of thiophene rings is 1. The van der Waals surface area contributed by atoms with E-state index in [1.54, 1.807) is 40.2 Å². The molecule has 0 aliphatic carbocycles. The van der Waals surface area contributed by atoms with E-state index in [0.29, 0.717) is 33.1 Å². The van der Waals surface area contributed by atoms with Gasteiger partial charge in [0.1, 0.15) is 18.1 Å². The van der Waals surface area contributed by atoms with Crippen LogP contribution in [0.25, 0.3) is 11.0 Å². The third-order valence-electron chi connectivity index (χ3n) is 4.47. The summed E-state index contributed by atoms with van der Waals surface area (Å²) in [4.78, 5) is 18.4. The third-order valence-corrected chi connectivity index (χ3v) is 6.56. The van der Waals surface area contributed by atoms with Crippen molar-refractivity contribution in [3.63, 3.8) is 0 Å². The molecular weight excluding hydrogens is 523 g/mol. The molecule has 6 nitrogen and oxygen atoms in total. The van der Waals surface area contributed by atoms with Crippen molar-refractivity contribution in [3.05, 3.63) is 78.6 Å². The summed E-state index contributed by atoms with van der Waals surface area (Å²) in [5.74, 6) is 0.439. The summed E-state index contributed by atoms with van der Waals surface area (Å²) in [6.45, 7) is -0.00300. The summed E-state index contributed by atoms with van der Waals surface area (Å²) in [7, 11) is 0. The van der Waals surface area contributed by atoms with E-state index in [9.17, 15) is 9.90 Å². The standard InChI is InChI=1S/C21H15BrCl2N4O2S/c22-13-3-4-19(29)12(6-13)10-25-27-21(30)11-28-18-9-16(24)15(23)8-17(18)26-20(28)7-14-2-1-5-31-14/h1-6,8-10,29H,7,11H2,(H,27,30). The largest absolute Gasteiger partial charge is 0.507 e. The zero-order valence-corrected chi connectivity index (χ0v) is 19.8. The Morgan fingerprint density at radius 2 is 2.06 bits per heavy atom. The van der Waals surface area contributed by atoms with Gasteiger partial charge in [0.05, 0.1) is 27.3 Å². The molecule has 0 saturated heterocycles. The van der Waals surface area contributed by atoms with Gasteiger partial charge in [0.25, 0.3) is 5.91 Å². The van der Waals surface area contributed by atoms with E-state index >= 15 is 0 Å². The summed E-state index contributed by atoms with van der Waals surface area (Å²) in [5.41, 5.74) is 4.34. The number of hydrogen-bond acceptors (Lipinski definition) is 5. The molecule has 2 aromatic carbocycles. The number of aromatic hydroxyl groups is 1. The molecule has 0 saturated carbocycles. The van der Waals surface area contributed by atoms with E-state index in [0.717, 1.165) is 15.2 Å². The molecule has 0 spiro atoms. The van der Waals surface area contributed by atoms with Gasteiger partial charge in [0.15, 0.2) is 0 Å². The average molecular weight is 538 g/mol. The van der Waals surface area contributed by atoms with E-state index in [2.05, 4.69) is 31.4 Å². The number of aromatic nitrogens is 2. The van der Waals surface area contributed by atoms with E-state index in [-0.39, 0.29) is 18.2 Å². The Morgan fingerprint density at radius 1 is 1.26 bits per heavy atom. The number of imidazole rings is 1. The summed E-state index contributed by atoms with van der Waals surface area (Å²) >= 11 is 17.3. The minimum atomic E-state index is -0.344. The maximum absolute atomic E-state index is 12.6. The molecule has 0 bridgehead atoms. The Hall–Kier alpha value is -2.39. The molecule has 158 valence electrons. The van der Waals surface area contributed by atoms with Gasteiger partial charge in [0, 0.05) is 21.3 Å². The number of phenolic OH excluding ortho intramolecular Hbond substituents is 1. The highest BCUT2D eigenvalue weighted by Gasteiger charge is 2.16. The van der Waals surface area contributed by atoms with Crippen molar-refractivity contribution in [3.8, 4) is 5.75 Å². The second kappa shape index (κ2) is 9.40. The number of halogens is 3. The first-order valence-electron chi connectivity index (χ1n) is 9.07. The van der Waals surface area contributed by atoms with Gasteiger partial charge in [-0.25, -0.2) is 10.4 Å². The quantitative estimate of drug-likeness (QED) is 0.247. The molecule has 0 aliphatic rings. The van der Waals surface area contributed by atoms with Gasteiger partial charge < -0.3 is 9.67 Å². The molecule has 2 aromatic heterocycles. The Balaban J connectivity index is 1.58. The fourth-order valence-corrected chi connectivity index (χ4v) is 4.43. The number of rotatable bonds is 6. The van der Waals surface area contributed by atoms with Crippen molar-refractivity contribution in [1.29, 1.82) is 0 Å². The van der Waals surface area contributed by atoms with Crippen LogP contribution in [0.5, 0.6) is 5.75 Å². The fraction of sp³-hybridized carbons (Fsp3) is 0.0952. The predicted octanol–water partition coefficient (Wildman–Crippen LogP) is 5.61. The van der Waals surface area contributed by atoms with Crippen LogP contribution in [0.1, 0.15) is 16.3 Å². The van der Waals surface area contributed by atoms with Crippen LogP contribution >= 0.6 is 50.5 Å². The summed E-state index contributed by atoms with van der Waals surface area (Å²) in [5, 5.41) is 16.6. The molecule has 1 amide bonds. The minimum absolute atomic E-state index is 0.00300. The molecule has 0 fully saturated rings. The second-order valence-corrected chi connectivity index (χ2v) is 9.38. The maximum Gasteiger partial charge on any atom is 0.260 e. The van der Waals surface area contributed by atoms with Crippen LogP contribution in [0, 0.1) is 0 Å². The lowest BCUT2D eigenvalue weighted by atomic mass is 10.2. The lowest BCUT2D eigenvalue weighted by Gasteiger charge is -2.08. The number of phenols is 1. The summed E-state index contributed by atoms with van der Waals surface area (Å²) in [6, 6.07) is 12.3. The molecule has 0 aliphatic heterocycles. The van der Waals surface area contributed by atoms with E-state index in [1.807, 2.05) is 17.5 Å². The van der Waals surface area contributed by atoms with E-state index in [4.69, 9.17) is 23.2 Å². The van der Waals surface area contributed by atoms with Crippen LogP contribution in [0.4, 0.5) is 0 Å². The molecule has 2 N–H and O–H groups in total. The van der Waals surface area contributed by atoms with E-state index < -0.39 is 0 Å². The first kappa shape index (κ1) is 21.8. The number of benzene rings is 2. The molecule has 0 radical (unpaired) electrons. The number of fused-ring (bicyclic) bond motifs is 1.